The molecule has 0 aromatic heterocycles. The number of carbonyl (C=O) groups is 1. The van der Waals surface area contributed by atoms with Gasteiger partial charge < -0.3 is 15.4 Å². The largest absolute Gasteiger partial charge is 0.378 e. The third-order valence-corrected chi connectivity index (χ3v) is 4.39. The summed E-state index contributed by atoms with van der Waals surface area (Å²) in [6, 6.07) is 0.493. The monoisotopic (exact) mass is 284 g/mol. The molecule has 2 aliphatic rings. The number of ether oxygens (including phenoxy) is 1. The Morgan fingerprint density at radius 3 is 2.35 bits per heavy atom. The van der Waals surface area contributed by atoms with Crippen LogP contribution < -0.4 is 5.73 Å². The lowest BCUT2D eigenvalue weighted by molar-refractivity contribution is -0.137. The van der Waals surface area contributed by atoms with Gasteiger partial charge >= 0.3 is 0 Å². The summed E-state index contributed by atoms with van der Waals surface area (Å²) in [4.78, 5) is 18.8. The number of morpholine rings is 1. The fraction of sp³-hybridized carbons (Fsp3) is 0.929. The van der Waals surface area contributed by atoms with E-state index in [1.165, 1.54) is 0 Å². The van der Waals surface area contributed by atoms with Crippen LogP contribution in [0, 0.1) is 0 Å². The molecular formula is C14H28N4O2. The molecule has 1 amide bonds. The topological polar surface area (TPSA) is 62.0 Å². The van der Waals surface area contributed by atoms with Gasteiger partial charge in [-0.05, 0) is 6.42 Å². The molecule has 2 aliphatic heterocycles. The lowest BCUT2D eigenvalue weighted by Gasteiger charge is -2.39. The van der Waals surface area contributed by atoms with E-state index >= 15 is 0 Å². The van der Waals surface area contributed by atoms with Crippen molar-refractivity contribution in [2.75, 3.05) is 65.6 Å². The molecule has 0 spiro atoms. The number of rotatable bonds is 5. The summed E-state index contributed by atoms with van der Waals surface area (Å²) in [7, 11) is 0. The Balaban J connectivity index is 1.72. The maximum atomic E-state index is 12.2. The maximum absolute atomic E-state index is 12.2. The Hall–Kier alpha value is -0.690. The minimum Gasteiger partial charge on any atom is -0.378 e. The third kappa shape index (κ3) is 4.15. The van der Waals surface area contributed by atoms with E-state index in [2.05, 4.69) is 16.7 Å². The molecule has 6 heteroatoms. The first kappa shape index (κ1) is 15.7. The van der Waals surface area contributed by atoms with Gasteiger partial charge in [0.2, 0.25) is 5.91 Å². The summed E-state index contributed by atoms with van der Waals surface area (Å²) in [5, 5.41) is 0. The molecule has 2 N–H and O–H groups in total. The normalized spacial score (nSPS) is 23.8. The van der Waals surface area contributed by atoms with Gasteiger partial charge in [-0.3, -0.25) is 14.6 Å². The van der Waals surface area contributed by atoms with Gasteiger partial charge in [0.1, 0.15) is 0 Å². The van der Waals surface area contributed by atoms with Gasteiger partial charge in [-0.2, -0.15) is 0 Å². The van der Waals surface area contributed by atoms with Crippen molar-refractivity contribution in [1.82, 2.24) is 14.7 Å². The number of amides is 1. The summed E-state index contributed by atoms with van der Waals surface area (Å²) in [6.07, 6.45) is 1.10. The number of nitrogens with zero attached hydrogens (tertiary/aromatic N) is 3. The molecule has 2 heterocycles. The zero-order valence-corrected chi connectivity index (χ0v) is 12.6. The highest BCUT2D eigenvalue weighted by Gasteiger charge is 2.25. The lowest BCUT2D eigenvalue weighted by atomic mass is 10.1. The zero-order chi connectivity index (χ0) is 14.4. The van der Waals surface area contributed by atoms with Crippen molar-refractivity contribution in [3.05, 3.63) is 0 Å². The second kappa shape index (κ2) is 7.93. The molecule has 0 aliphatic carbocycles. The Labute approximate surface area is 121 Å². The number of hydrogen-bond acceptors (Lipinski definition) is 5. The number of nitrogens with two attached hydrogens (primary N) is 1. The highest BCUT2D eigenvalue weighted by atomic mass is 16.5. The van der Waals surface area contributed by atoms with E-state index in [1.807, 2.05) is 4.90 Å². The molecule has 2 fully saturated rings. The van der Waals surface area contributed by atoms with Crippen molar-refractivity contribution in [1.29, 1.82) is 0 Å². The fourth-order valence-corrected chi connectivity index (χ4v) is 2.96. The Morgan fingerprint density at radius 1 is 1.15 bits per heavy atom. The van der Waals surface area contributed by atoms with E-state index in [0.717, 1.165) is 52.2 Å². The van der Waals surface area contributed by atoms with Gasteiger partial charge in [-0.1, -0.05) is 6.92 Å². The number of piperazine rings is 1. The quantitative estimate of drug-likeness (QED) is 0.716. The number of hydrogen-bond donors (Lipinski definition) is 1. The predicted molar refractivity (Wildman–Crippen MR) is 78.5 cm³/mol. The number of carbonyl (C=O) groups excluding carboxylic acids is 1. The second-order valence-electron chi connectivity index (χ2n) is 5.60. The summed E-state index contributed by atoms with van der Waals surface area (Å²) < 4.78 is 5.28. The van der Waals surface area contributed by atoms with E-state index in [-0.39, 0.29) is 5.91 Å². The van der Waals surface area contributed by atoms with E-state index in [0.29, 0.717) is 25.8 Å². The van der Waals surface area contributed by atoms with Crippen LogP contribution in [0.1, 0.15) is 13.3 Å². The minimum absolute atomic E-state index is 0.243. The van der Waals surface area contributed by atoms with Crippen LogP contribution in [0.15, 0.2) is 0 Å². The molecule has 6 nitrogen and oxygen atoms in total. The van der Waals surface area contributed by atoms with Gasteiger partial charge in [-0.15, -0.1) is 0 Å². The van der Waals surface area contributed by atoms with E-state index in [1.54, 1.807) is 0 Å². The van der Waals surface area contributed by atoms with Crippen molar-refractivity contribution in [3.63, 3.8) is 0 Å². The average Bonchev–Trinajstić information content (AvgIpc) is 2.51. The molecule has 0 saturated carbocycles. The zero-order valence-electron chi connectivity index (χ0n) is 12.6. The molecule has 0 aromatic rings. The van der Waals surface area contributed by atoms with Crippen molar-refractivity contribution in [3.8, 4) is 0 Å². The first-order valence-corrected chi connectivity index (χ1v) is 7.76. The molecule has 0 radical (unpaired) electrons. The van der Waals surface area contributed by atoms with Crippen LogP contribution in [0.3, 0.4) is 0 Å². The Bertz CT molecular complexity index is 296. The predicted octanol–water partition coefficient (Wildman–Crippen LogP) is -0.800. The second-order valence-corrected chi connectivity index (χ2v) is 5.60. The molecule has 2 saturated heterocycles. The molecule has 0 bridgehead atoms. The molecule has 0 aromatic carbocycles. The Morgan fingerprint density at radius 2 is 1.80 bits per heavy atom. The van der Waals surface area contributed by atoms with Crippen LogP contribution in [-0.4, -0.2) is 92.2 Å². The van der Waals surface area contributed by atoms with E-state index in [9.17, 15) is 4.79 Å². The van der Waals surface area contributed by atoms with Gasteiger partial charge in [0.15, 0.2) is 0 Å². The molecule has 2 rings (SSSR count). The standard InChI is InChI=1S/C14H28N4O2/c1-2-13(11-15)17-5-3-16(4-6-17)12-14(19)18-7-9-20-10-8-18/h13H,2-12,15H2,1H3. The third-order valence-electron chi connectivity index (χ3n) is 4.39. The first-order valence-electron chi connectivity index (χ1n) is 7.76. The van der Waals surface area contributed by atoms with Crippen molar-refractivity contribution < 1.29 is 9.53 Å². The highest BCUT2D eigenvalue weighted by molar-refractivity contribution is 5.78. The van der Waals surface area contributed by atoms with Crippen molar-refractivity contribution >= 4 is 5.91 Å². The smallest absolute Gasteiger partial charge is 0.236 e. The SMILES string of the molecule is CCC(CN)N1CCN(CC(=O)N2CCOCC2)CC1. The lowest BCUT2D eigenvalue weighted by Crippen LogP contribution is -2.54. The maximum Gasteiger partial charge on any atom is 0.236 e. The highest BCUT2D eigenvalue weighted by Crippen LogP contribution is 2.09. The summed E-state index contributed by atoms with van der Waals surface area (Å²) in [5.41, 5.74) is 5.80. The first-order chi connectivity index (χ1) is 9.74. The van der Waals surface area contributed by atoms with Gasteiger partial charge in [0.05, 0.1) is 19.8 Å². The van der Waals surface area contributed by atoms with Crippen LogP contribution in [0.4, 0.5) is 0 Å². The molecule has 116 valence electrons. The summed E-state index contributed by atoms with van der Waals surface area (Å²) in [5.74, 6) is 0.243. The van der Waals surface area contributed by atoms with Gasteiger partial charge in [-0.25, -0.2) is 0 Å². The van der Waals surface area contributed by atoms with Crippen molar-refractivity contribution in [2.24, 2.45) is 5.73 Å². The average molecular weight is 284 g/mol. The Kier molecular flexibility index (Phi) is 6.22. The van der Waals surface area contributed by atoms with Gasteiger partial charge in [0, 0.05) is 51.9 Å². The fourth-order valence-electron chi connectivity index (χ4n) is 2.96. The van der Waals surface area contributed by atoms with Gasteiger partial charge in [0.25, 0.3) is 0 Å². The molecule has 1 atom stereocenters. The van der Waals surface area contributed by atoms with Crippen LogP contribution >= 0.6 is 0 Å². The van der Waals surface area contributed by atoms with Crippen LogP contribution in [0.2, 0.25) is 0 Å². The van der Waals surface area contributed by atoms with E-state index in [4.69, 9.17) is 10.5 Å². The minimum atomic E-state index is 0.243. The summed E-state index contributed by atoms with van der Waals surface area (Å²) in [6.45, 7) is 10.3. The van der Waals surface area contributed by atoms with Crippen LogP contribution in [0.5, 0.6) is 0 Å². The van der Waals surface area contributed by atoms with E-state index < -0.39 is 0 Å². The van der Waals surface area contributed by atoms with Crippen molar-refractivity contribution in [2.45, 2.75) is 19.4 Å². The van der Waals surface area contributed by atoms with Crippen LogP contribution in [-0.2, 0) is 9.53 Å². The molecule has 20 heavy (non-hydrogen) atoms. The molecular weight excluding hydrogens is 256 g/mol. The molecule has 1 unspecified atom stereocenters. The van der Waals surface area contributed by atoms with Crippen LogP contribution in [0.25, 0.3) is 0 Å². The summed E-state index contributed by atoms with van der Waals surface area (Å²) >= 11 is 0.